The van der Waals surface area contributed by atoms with E-state index >= 15 is 4.39 Å². The molecule has 5 heterocycles. The number of alkyl halides is 3. The van der Waals surface area contributed by atoms with Gasteiger partial charge < -0.3 is 5.32 Å². The second-order valence-corrected chi connectivity index (χ2v) is 11.2. The van der Waals surface area contributed by atoms with Crippen molar-refractivity contribution in [3.05, 3.63) is 87.8 Å². The van der Waals surface area contributed by atoms with Crippen LogP contribution in [0.1, 0.15) is 43.6 Å². The number of hydrogen-bond donors (Lipinski definition) is 1. The average molecular weight is 628 g/mol. The summed E-state index contributed by atoms with van der Waals surface area (Å²) in [6.07, 6.45) is 2.88. The summed E-state index contributed by atoms with van der Waals surface area (Å²) in [7, 11) is 1.85. The highest BCUT2D eigenvalue weighted by atomic mass is 35.5. The van der Waals surface area contributed by atoms with Gasteiger partial charge in [0.25, 0.3) is 5.56 Å². The number of nitrogens with zero attached hydrogens (tertiary/aromatic N) is 8. The van der Waals surface area contributed by atoms with Crippen LogP contribution in [0, 0.1) is 11.7 Å². The van der Waals surface area contributed by atoms with Crippen LogP contribution in [0.4, 0.5) is 23.2 Å². The van der Waals surface area contributed by atoms with Crippen LogP contribution in [0.5, 0.6) is 0 Å². The van der Waals surface area contributed by atoms with Gasteiger partial charge in [0.05, 0.1) is 63.8 Å². The van der Waals surface area contributed by atoms with E-state index in [2.05, 4.69) is 37.6 Å². The van der Waals surface area contributed by atoms with Crippen LogP contribution in [0.2, 0.25) is 5.02 Å². The van der Waals surface area contributed by atoms with Crippen molar-refractivity contribution in [2.45, 2.75) is 38.4 Å². The largest absolute Gasteiger partial charge is 0.436 e. The summed E-state index contributed by atoms with van der Waals surface area (Å²) < 4.78 is 59.0. The van der Waals surface area contributed by atoms with E-state index < -0.39 is 29.3 Å². The molecule has 4 aromatic heterocycles. The van der Waals surface area contributed by atoms with Gasteiger partial charge in [-0.05, 0) is 43.0 Å². The van der Waals surface area contributed by atoms with Gasteiger partial charge >= 0.3 is 6.18 Å². The predicted molar refractivity (Wildman–Crippen MR) is 155 cm³/mol. The van der Waals surface area contributed by atoms with E-state index in [1.807, 2.05) is 19.2 Å². The number of fused-ring (bicyclic) bond motifs is 4. The van der Waals surface area contributed by atoms with E-state index in [1.165, 1.54) is 23.0 Å². The third-order valence-electron chi connectivity index (χ3n) is 7.68. The molecule has 1 aliphatic rings. The Labute approximate surface area is 253 Å². The molecule has 10 nitrogen and oxygen atoms in total. The molecule has 0 unspecified atom stereocenters. The minimum atomic E-state index is -4.76. The van der Waals surface area contributed by atoms with Gasteiger partial charge in [0.2, 0.25) is 0 Å². The number of aromatic nitrogens is 8. The Hall–Kier alpha value is -4.59. The van der Waals surface area contributed by atoms with E-state index in [-0.39, 0.29) is 22.0 Å². The number of rotatable bonds is 3. The highest BCUT2D eigenvalue weighted by molar-refractivity contribution is 6.31. The fourth-order valence-electron chi connectivity index (χ4n) is 5.43. The standard InChI is InChI=1S/C29H26ClF4N9O/c1-16-4-3-5-22(19-10-17(8-9-35-19)28-21(36-12-16)13-38-41(28)2)42-15-37-20(11-25(42)44)26-23(7-6-18(30)27(26)31)43-14-24(39-40-43)29(32,33)34/h6-11,13-16,22,36H,3-5,12H2,1-2H3/t16-,22+/m1/s1. The van der Waals surface area contributed by atoms with Gasteiger partial charge in [-0.15, -0.1) is 5.10 Å². The van der Waals surface area contributed by atoms with Crippen molar-refractivity contribution in [2.75, 3.05) is 11.9 Å². The Morgan fingerprint density at radius 1 is 1.11 bits per heavy atom. The molecule has 0 amide bonds. The lowest BCUT2D eigenvalue weighted by molar-refractivity contribution is -0.141. The summed E-state index contributed by atoms with van der Waals surface area (Å²) in [5.74, 6) is -0.627. The molecular formula is C29H26ClF4N9O. The van der Waals surface area contributed by atoms with Gasteiger partial charge in [0.1, 0.15) is 0 Å². The molecule has 1 aromatic carbocycles. The Bertz CT molecular complexity index is 1900. The van der Waals surface area contributed by atoms with E-state index in [0.29, 0.717) is 24.2 Å². The van der Waals surface area contributed by atoms with Crippen molar-refractivity contribution in [3.8, 4) is 28.2 Å². The van der Waals surface area contributed by atoms with Gasteiger partial charge in [0.15, 0.2) is 11.5 Å². The smallest absolute Gasteiger partial charge is 0.382 e. The van der Waals surface area contributed by atoms with Crippen LogP contribution in [-0.2, 0) is 13.2 Å². The first-order valence-electron chi connectivity index (χ1n) is 13.8. The average Bonchev–Trinajstić information content (AvgIpc) is 3.63. The van der Waals surface area contributed by atoms with Crippen LogP contribution >= 0.6 is 11.6 Å². The fourth-order valence-corrected chi connectivity index (χ4v) is 5.59. The SMILES string of the molecule is C[C@@H]1CCC[C@H](n2cnc(-c3c(-n4cc(C(F)(F)F)nn4)ccc(Cl)c3F)cc2=O)c2cc(ccn2)-c2c(cnn2C)NC1. The zero-order chi connectivity index (χ0) is 31.2. The number of hydrogen-bond acceptors (Lipinski definition) is 7. The van der Waals surface area contributed by atoms with E-state index in [1.54, 1.807) is 17.1 Å². The Kier molecular flexibility index (Phi) is 7.70. The number of anilines is 1. The molecular weight excluding hydrogens is 602 g/mol. The van der Waals surface area contributed by atoms with Crippen molar-refractivity contribution >= 4 is 17.3 Å². The molecule has 0 radical (unpaired) electrons. The normalized spacial score (nSPS) is 17.3. The van der Waals surface area contributed by atoms with Crippen molar-refractivity contribution in [1.82, 2.24) is 39.3 Å². The van der Waals surface area contributed by atoms with Gasteiger partial charge in [-0.25, -0.2) is 14.1 Å². The van der Waals surface area contributed by atoms with Crippen molar-refractivity contribution in [3.63, 3.8) is 0 Å². The van der Waals surface area contributed by atoms with Crippen LogP contribution in [0.25, 0.3) is 28.2 Å². The molecule has 44 heavy (non-hydrogen) atoms. The second-order valence-electron chi connectivity index (χ2n) is 10.8. The van der Waals surface area contributed by atoms with Gasteiger partial charge in [-0.2, -0.15) is 18.3 Å². The maximum atomic E-state index is 15.4. The van der Waals surface area contributed by atoms with Crippen molar-refractivity contribution in [2.24, 2.45) is 13.0 Å². The molecule has 2 atom stereocenters. The first-order chi connectivity index (χ1) is 21.0. The molecule has 0 fully saturated rings. The molecule has 15 heteroatoms. The monoisotopic (exact) mass is 627 g/mol. The zero-order valence-electron chi connectivity index (χ0n) is 23.6. The molecule has 2 bridgehead atoms. The lowest BCUT2D eigenvalue weighted by Gasteiger charge is -2.22. The molecule has 1 N–H and O–H groups in total. The summed E-state index contributed by atoms with van der Waals surface area (Å²) in [6.45, 7) is 2.90. The van der Waals surface area contributed by atoms with Crippen LogP contribution in [-0.4, -0.2) is 45.9 Å². The molecule has 0 spiro atoms. The van der Waals surface area contributed by atoms with Gasteiger partial charge in [-0.1, -0.05) is 30.2 Å². The lowest BCUT2D eigenvalue weighted by Crippen LogP contribution is -2.27. The Morgan fingerprint density at radius 3 is 2.68 bits per heavy atom. The number of pyridine rings is 1. The maximum Gasteiger partial charge on any atom is 0.436 e. The Morgan fingerprint density at radius 2 is 1.93 bits per heavy atom. The fraction of sp³-hybridized carbons (Fsp3) is 0.310. The summed E-state index contributed by atoms with van der Waals surface area (Å²) in [5.41, 5.74) is 0.982. The summed E-state index contributed by atoms with van der Waals surface area (Å²) in [6, 6.07) is 6.89. The van der Waals surface area contributed by atoms with Gasteiger partial charge in [0, 0.05) is 31.4 Å². The number of aryl methyl sites for hydroxylation is 1. The summed E-state index contributed by atoms with van der Waals surface area (Å²) in [4.78, 5) is 22.7. The quantitative estimate of drug-likeness (QED) is 0.247. The number of benzene rings is 1. The lowest BCUT2D eigenvalue weighted by atomic mass is 9.97. The highest BCUT2D eigenvalue weighted by Gasteiger charge is 2.35. The van der Waals surface area contributed by atoms with Crippen molar-refractivity contribution < 1.29 is 17.6 Å². The molecule has 228 valence electrons. The topological polar surface area (TPSA) is 108 Å². The van der Waals surface area contributed by atoms with Crippen LogP contribution in [0.15, 0.2) is 60.0 Å². The predicted octanol–water partition coefficient (Wildman–Crippen LogP) is 5.92. The van der Waals surface area contributed by atoms with Crippen LogP contribution in [0.3, 0.4) is 0 Å². The number of halogens is 5. The summed E-state index contributed by atoms with van der Waals surface area (Å²) in [5, 5.41) is 14.3. The highest BCUT2D eigenvalue weighted by Crippen LogP contribution is 2.35. The summed E-state index contributed by atoms with van der Waals surface area (Å²) >= 11 is 6.04. The molecule has 6 rings (SSSR count). The maximum absolute atomic E-state index is 15.4. The van der Waals surface area contributed by atoms with E-state index in [9.17, 15) is 18.0 Å². The molecule has 1 aliphatic heterocycles. The van der Waals surface area contributed by atoms with Gasteiger partial charge in [-0.3, -0.25) is 19.0 Å². The molecule has 0 saturated carbocycles. The van der Waals surface area contributed by atoms with E-state index in [0.717, 1.165) is 47.1 Å². The minimum absolute atomic E-state index is 0.116. The Balaban J connectivity index is 1.44. The third-order valence-corrected chi connectivity index (χ3v) is 7.97. The first kappa shape index (κ1) is 29.5. The zero-order valence-corrected chi connectivity index (χ0v) is 24.3. The molecule has 5 aromatic rings. The van der Waals surface area contributed by atoms with Crippen molar-refractivity contribution in [1.29, 1.82) is 0 Å². The molecule has 0 saturated heterocycles. The van der Waals surface area contributed by atoms with Crippen LogP contribution < -0.4 is 10.9 Å². The number of nitrogens with one attached hydrogen (secondary N) is 1. The van der Waals surface area contributed by atoms with E-state index in [4.69, 9.17) is 11.6 Å². The molecule has 0 aliphatic carbocycles. The third kappa shape index (κ3) is 5.56. The first-order valence-corrected chi connectivity index (χ1v) is 14.2. The minimum Gasteiger partial charge on any atom is -0.382 e. The second kappa shape index (κ2) is 11.5.